The van der Waals surface area contributed by atoms with E-state index in [1.807, 2.05) is 0 Å². The first-order valence-electron chi connectivity index (χ1n) is 8.49. The fourth-order valence-corrected chi connectivity index (χ4v) is 3.55. The Labute approximate surface area is 168 Å². The zero-order valence-corrected chi connectivity index (χ0v) is 15.9. The number of nitro groups is 1. The fraction of sp³-hybridized carbons (Fsp3) is 0.158. The largest absolute Gasteiger partial charge is 0.420 e. The van der Waals surface area contributed by atoms with Crippen molar-refractivity contribution in [2.45, 2.75) is 23.0 Å². The van der Waals surface area contributed by atoms with Crippen LogP contribution in [0.15, 0.2) is 70.7 Å². The minimum atomic E-state index is -4.63. The van der Waals surface area contributed by atoms with Gasteiger partial charge in [0.25, 0.3) is 5.69 Å². The molecule has 150 valence electrons. The predicted octanol–water partition coefficient (Wildman–Crippen LogP) is 5.71. The Morgan fingerprint density at radius 2 is 1.76 bits per heavy atom. The molecule has 0 saturated heterocycles. The predicted molar refractivity (Wildman–Crippen MR) is 103 cm³/mol. The fourth-order valence-electron chi connectivity index (χ4n) is 2.63. The monoisotopic (exact) mass is 420 g/mol. The lowest BCUT2D eigenvalue weighted by molar-refractivity contribution is -0.384. The molecule has 0 amide bonds. The molecular formula is C19H15F3N4O2S. The molecule has 10 heteroatoms. The lowest BCUT2D eigenvalue weighted by Gasteiger charge is -2.22. The van der Waals surface area contributed by atoms with E-state index in [1.165, 1.54) is 23.1 Å². The summed E-state index contributed by atoms with van der Waals surface area (Å²) < 4.78 is 40.4. The van der Waals surface area contributed by atoms with Crippen LogP contribution in [-0.4, -0.2) is 21.4 Å². The third-order valence-electron chi connectivity index (χ3n) is 3.93. The summed E-state index contributed by atoms with van der Waals surface area (Å²) in [5, 5.41) is 11.1. The van der Waals surface area contributed by atoms with E-state index in [1.54, 1.807) is 43.3 Å². The van der Waals surface area contributed by atoms with Gasteiger partial charge in [-0.2, -0.15) is 13.2 Å². The second-order valence-electron chi connectivity index (χ2n) is 5.79. The van der Waals surface area contributed by atoms with Gasteiger partial charge >= 0.3 is 6.18 Å². The summed E-state index contributed by atoms with van der Waals surface area (Å²) in [5.41, 5.74) is -0.945. The van der Waals surface area contributed by atoms with Crippen LogP contribution >= 0.6 is 11.8 Å². The molecule has 1 aromatic heterocycles. The Bertz CT molecular complexity index is 1020. The highest BCUT2D eigenvalue weighted by Crippen LogP contribution is 2.40. The van der Waals surface area contributed by atoms with Crippen molar-refractivity contribution < 1.29 is 18.1 Å². The molecule has 0 fully saturated rings. The van der Waals surface area contributed by atoms with Crippen molar-refractivity contribution in [1.82, 2.24) is 9.97 Å². The highest BCUT2D eigenvalue weighted by atomic mass is 32.2. The lowest BCUT2D eigenvalue weighted by Crippen LogP contribution is -2.21. The van der Waals surface area contributed by atoms with Crippen molar-refractivity contribution in [3.05, 3.63) is 76.5 Å². The smallest absolute Gasteiger partial charge is 0.305 e. The summed E-state index contributed by atoms with van der Waals surface area (Å²) >= 11 is 0.857. The van der Waals surface area contributed by atoms with Gasteiger partial charge in [-0.05, 0) is 25.1 Å². The van der Waals surface area contributed by atoms with Gasteiger partial charge in [0.1, 0.15) is 16.3 Å². The van der Waals surface area contributed by atoms with Gasteiger partial charge in [-0.1, -0.05) is 42.1 Å². The normalized spacial score (nSPS) is 11.3. The molecule has 0 saturated carbocycles. The first kappa shape index (κ1) is 20.6. The van der Waals surface area contributed by atoms with Crippen LogP contribution < -0.4 is 4.90 Å². The number of hydrogen-bond donors (Lipinski definition) is 0. The number of rotatable bonds is 6. The second kappa shape index (κ2) is 8.48. The van der Waals surface area contributed by atoms with E-state index in [4.69, 9.17) is 0 Å². The van der Waals surface area contributed by atoms with Crippen molar-refractivity contribution in [1.29, 1.82) is 0 Å². The molecule has 0 atom stereocenters. The molecule has 0 aliphatic rings. The van der Waals surface area contributed by atoms with Gasteiger partial charge in [-0.25, -0.2) is 9.97 Å². The number of hydrogen-bond acceptors (Lipinski definition) is 6. The van der Waals surface area contributed by atoms with Gasteiger partial charge in [0.05, 0.1) is 4.92 Å². The minimum Gasteiger partial charge on any atom is -0.305 e. The molecule has 0 aliphatic carbocycles. The van der Waals surface area contributed by atoms with Crippen LogP contribution in [0.5, 0.6) is 0 Å². The molecule has 0 spiro atoms. The molecule has 2 aromatic carbocycles. The summed E-state index contributed by atoms with van der Waals surface area (Å²) in [4.78, 5) is 20.8. The average Bonchev–Trinajstić information content (AvgIpc) is 2.69. The molecule has 0 bridgehead atoms. The molecule has 29 heavy (non-hydrogen) atoms. The first-order chi connectivity index (χ1) is 13.8. The van der Waals surface area contributed by atoms with E-state index in [2.05, 4.69) is 9.97 Å². The third kappa shape index (κ3) is 4.65. The first-order valence-corrected chi connectivity index (χ1v) is 9.31. The van der Waals surface area contributed by atoms with Crippen LogP contribution in [0.4, 0.5) is 30.5 Å². The number of anilines is 2. The van der Waals surface area contributed by atoms with Gasteiger partial charge in [-0.15, -0.1) is 0 Å². The Morgan fingerprint density at radius 1 is 1.10 bits per heavy atom. The number of para-hydroxylation sites is 2. The van der Waals surface area contributed by atoms with Crippen molar-refractivity contribution >= 4 is 29.1 Å². The van der Waals surface area contributed by atoms with Crippen molar-refractivity contribution in [2.75, 3.05) is 11.4 Å². The quantitative estimate of drug-likeness (QED) is 0.289. The van der Waals surface area contributed by atoms with E-state index in [-0.39, 0.29) is 28.9 Å². The standard InChI is InChI=1S/C19H15F3N4O2S/c1-2-25(15-10-6-7-11-16(15)26(27)28)18-23-12-14(19(20,21)22)17(24-18)29-13-8-4-3-5-9-13/h3-12H,2H2,1H3. The lowest BCUT2D eigenvalue weighted by atomic mass is 10.2. The van der Waals surface area contributed by atoms with Gasteiger partial charge in [0, 0.05) is 23.7 Å². The van der Waals surface area contributed by atoms with E-state index in [0.29, 0.717) is 11.1 Å². The molecule has 3 rings (SSSR count). The Balaban J connectivity index is 2.10. The Hall–Kier alpha value is -3.14. The van der Waals surface area contributed by atoms with Crippen molar-refractivity contribution in [3.63, 3.8) is 0 Å². The van der Waals surface area contributed by atoms with Gasteiger partial charge in [-0.3, -0.25) is 10.1 Å². The van der Waals surface area contributed by atoms with Crippen LogP contribution in [0.3, 0.4) is 0 Å². The third-order valence-corrected chi connectivity index (χ3v) is 4.94. The Morgan fingerprint density at radius 3 is 2.38 bits per heavy atom. The average molecular weight is 420 g/mol. The number of aromatic nitrogens is 2. The summed E-state index contributed by atoms with van der Waals surface area (Å²) in [6.07, 6.45) is -3.92. The second-order valence-corrected chi connectivity index (χ2v) is 6.85. The summed E-state index contributed by atoms with van der Waals surface area (Å²) in [6.45, 7) is 1.94. The van der Waals surface area contributed by atoms with E-state index < -0.39 is 16.7 Å². The van der Waals surface area contributed by atoms with Crippen molar-refractivity contribution in [3.8, 4) is 0 Å². The summed E-state index contributed by atoms with van der Waals surface area (Å²) in [5.74, 6) is -0.0479. The maximum Gasteiger partial charge on any atom is 0.420 e. The van der Waals surface area contributed by atoms with Crippen LogP contribution in [-0.2, 0) is 6.18 Å². The van der Waals surface area contributed by atoms with E-state index in [9.17, 15) is 23.3 Å². The van der Waals surface area contributed by atoms with Gasteiger partial charge < -0.3 is 4.90 Å². The topological polar surface area (TPSA) is 72.2 Å². The molecule has 1 heterocycles. The molecule has 0 unspecified atom stereocenters. The molecule has 0 radical (unpaired) electrons. The maximum absolute atomic E-state index is 13.5. The van der Waals surface area contributed by atoms with Gasteiger partial charge in [0.15, 0.2) is 0 Å². The molecular weight excluding hydrogens is 405 g/mol. The van der Waals surface area contributed by atoms with Crippen LogP contribution in [0.2, 0.25) is 0 Å². The molecule has 6 nitrogen and oxygen atoms in total. The SMILES string of the molecule is CCN(c1ncc(C(F)(F)F)c(Sc2ccccc2)n1)c1ccccc1[N+](=O)[O-]. The van der Waals surface area contributed by atoms with Gasteiger partial charge in [0.2, 0.25) is 5.95 Å². The highest BCUT2D eigenvalue weighted by molar-refractivity contribution is 7.99. The van der Waals surface area contributed by atoms with E-state index >= 15 is 0 Å². The maximum atomic E-state index is 13.5. The zero-order chi connectivity index (χ0) is 21.0. The minimum absolute atomic E-state index is 0.0479. The van der Waals surface area contributed by atoms with Crippen molar-refractivity contribution in [2.24, 2.45) is 0 Å². The number of alkyl halides is 3. The molecule has 0 aliphatic heterocycles. The summed E-state index contributed by atoms with van der Waals surface area (Å²) in [6, 6.07) is 14.5. The van der Waals surface area contributed by atoms with Crippen LogP contribution in [0, 0.1) is 10.1 Å². The Kier molecular flexibility index (Phi) is 6.02. The number of nitrogens with zero attached hydrogens (tertiary/aromatic N) is 4. The number of halogens is 3. The summed E-state index contributed by atoms with van der Waals surface area (Å²) in [7, 11) is 0. The van der Waals surface area contributed by atoms with E-state index in [0.717, 1.165) is 11.8 Å². The highest BCUT2D eigenvalue weighted by Gasteiger charge is 2.36. The molecule has 3 aromatic rings. The number of benzene rings is 2. The van der Waals surface area contributed by atoms with Crippen LogP contribution in [0.25, 0.3) is 0 Å². The zero-order valence-electron chi connectivity index (χ0n) is 15.1. The molecule has 0 N–H and O–H groups in total. The number of nitro benzene ring substituents is 1. The van der Waals surface area contributed by atoms with Crippen LogP contribution in [0.1, 0.15) is 12.5 Å².